The lowest BCUT2D eigenvalue weighted by atomic mass is 10.1. The zero-order valence-corrected chi connectivity index (χ0v) is 24.6. The maximum atomic E-state index is 10.6. The Bertz CT molecular complexity index is 1640. The van der Waals surface area contributed by atoms with Gasteiger partial charge in [-0.05, 0) is 82.3 Å². The Balaban J connectivity index is 1.38. The van der Waals surface area contributed by atoms with Crippen LogP contribution in [0.5, 0.6) is 11.5 Å². The third-order valence-electron chi connectivity index (χ3n) is 7.57. The number of aromatic hydroxyl groups is 2. The number of anilines is 2. The Morgan fingerprint density at radius 2 is 1.00 bits per heavy atom. The van der Waals surface area contributed by atoms with E-state index in [1.165, 1.54) is 0 Å². The van der Waals surface area contributed by atoms with E-state index >= 15 is 0 Å². The van der Waals surface area contributed by atoms with Crippen LogP contribution in [0.3, 0.4) is 0 Å². The van der Waals surface area contributed by atoms with Gasteiger partial charge >= 0.3 is 0 Å². The maximum absolute atomic E-state index is 10.6. The summed E-state index contributed by atoms with van der Waals surface area (Å²) in [4.78, 5) is 18.5. The van der Waals surface area contributed by atoms with Crippen LogP contribution in [0.25, 0.3) is 21.8 Å². The number of hydrogen-bond donors (Lipinski definition) is 2. The van der Waals surface area contributed by atoms with E-state index in [9.17, 15) is 10.2 Å². The third-order valence-corrected chi connectivity index (χ3v) is 7.57. The number of nitrogens with zero attached hydrogens (tertiary/aromatic N) is 5. The summed E-state index contributed by atoms with van der Waals surface area (Å²) in [5, 5.41) is 23.1. The summed E-state index contributed by atoms with van der Waals surface area (Å²) < 4.78 is 0. The lowest BCUT2D eigenvalue weighted by Gasteiger charge is -2.21. The Morgan fingerprint density at radius 1 is 0.571 bits per heavy atom. The first-order valence-electron chi connectivity index (χ1n) is 14.5. The van der Waals surface area contributed by atoms with Gasteiger partial charge in [0.15, 0.2) is 0 Å². The van der Waals surface area contributed by atoms with Gasteiger partial charge in [0, 0.05) is 84.0 Å². The third kappa shape index (κ3) is 6.20. The van der Waals surface area contributed by atoms with Gasteiger partial charge < -0.3 is 20.0 Å². The number of aromatic nitrogens is 1. The first-order valence-corrected chi connectivity index (χ1v) is 14.5. The molecule has 5 rings (SSSR count). The number of aliphatic imine (C=N–C) groups is 2. The molecule has 0 fully saturated rings. The number of phenolic OH excluding ortho intramolecular Hbond substituents is 2. The highest BCUT2D eigenvalue weighted by Gasteiger charge is 2.08. The smallest absolute Gasteiger partial charge is 0.126 e. The van der Waals surface area contributed by atoms with Gasteiger partial charge in [0.2, 0.25) is 0 Å². The monoisotopic (exact) mass is 559 g/mol. The zero-order valence-electron chi connectivity index (χ0n) is 24.6. The van der Waals surface area contributed by atoms with Gasteiger partial charge in [-0.3, -0.25) is 9.98 Å². The summed E-state index contributed by atoms with van der Waals surface area (Å²) in [5.74, 6) is 0.406. The van der Waals surface area contributed by atoms with E-state index in [0.29, 0.717) is 11.1 Å². The largest absolute Gasteiger partial charge is 0.507 e. The second-order valence-corrected chi connectivity index (χ2v) is 10.1. The molecule has 0 amide bonds. The normalized spacial score (nSPS) is 11.7. The Morgan fingerprint density at radius 3 is 1.38 bits per heavy atom. The van der Waals surface area contributed by atoms with Crippen molar-refractivity contribution < 1.29 is 10.2 Å². The molecule has 2 N–H and O–H groups in total. The highest BCUT2D eigenvalue weighted by molar-refractivity contribution is 5.96. The minimum absolute atomic E-state index is 0.203. The van der Waals surface area contributed by atoms with E-state index < -0.39 is 0 Å². The first kappa shape index (κ1) is 28.6. The number of phenols is 2. The molecule has 5 aromatic rings. The Kier molecular flexibility index (Phi) is 8.67. The second-order valence-electron chi connectivity index (χ2n) is 10.1. The molecule has 0 saturated heterocycles. The number of fused-ring (bicyclic) bond motifs is 2. The molecule has 0 unspecified atom stereocenters. The summed E-state index contributed by atoms with van der Waals surface area (Å²) in [7, 11) is 0. The molecule has 1 heterocycles. The van der Waals surface area contributed by atoms with Crippen LogP contribution in [-0.2, 0) is 0 Å². The van der Waals surface area contributed by atoms with Crippen LogP contribution in [0.2, 0.25) is 0 Å². The second kappa shape index (κ2) is 12.7. The van der Waals surface area contributed by atoms with Gasteiger partial charge in [-0.25, -0.2) is 4.98 Å². The number of pyridine rings is 1. The summed E-state index contributed by atoms with van der Waals surface area (Å²) in [5.41, 5.74) is 6.45. The van der Waals surface area contributed by atoms with Gasteiger partial charge in [-0.15, -0.1) is 0 Å². The lowest BCUT2D eigenvalue weighted by Crippen LogP contribution is -2.21. The highest BCUT2D eigenvalue weighted by atomic mass is 16.3. The lowest BCUT2D eigenvalue weighted by molar-refractivity contribution is 0.474. The molecule has 0 spiro atoms. The molecule has 42 heavy (non-hydrogen) atoms. The average Bonchev–Trinajstić information content (AvgIpc) is 3.00. The van der Waals surface area contributed by atoms with E-state index in [-0.39, 0.29) is 11.5 Å². The summed E-state index contributed by atoms with van der Waals surface area (Å²) >= 11 is 0. The maximum Gasteiger partial charge on any atom is 0.126 e. The van der Waals surface area contributed by atoms with Crippen molar-refractivity contribution in [1.29, 1.82) is 0 Å². The van der Waals surface area contributed by atoms with Gasteiger partial charge in [0.25, 0.3) is 0 Å². The SMILES string of the molecule is CCN(CC)c1ccc(C=Nc2ccc3cc4ccc(N=Cc5ccc(N(CC)CC)cc5O)cc4nc3c2)c(O)c1. The molecule has 0 radical (unpaired) electrons. The Hall–Kier alpha value is -4.91. The molecule has 4 aromatic carbocycles. The highest BCUT2D eigenvalue weighted by Crippen LogP contribution is 2.29. The minimum atomic E-state index is 0.203. The average molecular weight is 560 g/mol. The van der Waals surface area contributed by atoms with Crippen LogP contribution < -0.4 is 9.80 Å². The van der Waals surface area contributed by atoms with Crippen LogP contribution >= 0.6 is 0 Å². The topological polar surface area (TPSA) is 84.6 Å². The molecule has 0 saturated carbocycles. The molecule has 7 heteroatoms. The quantitative estimate of drug-likeness (QED) is 0.134. The van der Waals surface area contributed by atoms with Gasteiger partial charge in [-0.1, -0.05) is 12.1 Å². The van der Waals surface area contributed by atoms with Gasteiger partial charge in [0.1, 0.15) is 11.5 Å². The zero-order chi connectivity index (χ0) is 29.6. The van der Waals surface area contributed by atoms with Crippen molar-refractivity contribution in [3.05, 3.63) is 90.0 Å². The molecule has 0 bridgehead atoms. The number of hydrogen-bond acceptors (Lipinski definition) is 7. The van der Waals surface area contributed by atoms with Crippen LogP contribution in [0, 0.1) is 0 Å². The number of benzene rings is 4. The molecular formula is C35H37N5O2. The minimum Gasteiger partial charge on any atom is -0.507 e. The molecule has 214 valence electrons. The fourth-order valence-corrected chi connectivity index (χ4v) is 5.10. The van der Waals surface area contributed by atoms with E-state index in [1.807, 2.05) is 60.7 Å². The van der Waals surface area contributed by atoms with Gasteiger partial charge in [-0.2, -0.15) is 0 Å². The van der Waals surface area contributed by atoms with Crippen molar-refractivity contribution in [2.24, 2.45) is 9.98 Å². The molecule has 1 aromatic heterocycles. The summed E-state index contributed by atoms with van der Waals surface area (Å²) in [6, 6.07) is 25.3. The van der Waals surface area contributed by atoms with Crippen molar-refractivity contribution in [1.82, 2.24) is 4.98 Å². The van der Waals surface area contributed by atoms with Crippen molar-refractivity contribution in [3.8, 4) is 11.5 Å². The molecule has 0 atom stereocenters. The van der Waals surface area contributed by atoms with E-state index in [4.69, 9.17) is 4.98 Å². The predicted octanol–water partition coefficient (Wildman–Crippen LogP) is 7.99. The van der Waals surface area contributed by atoms with E-state index in [1.54, 1.807) is 24.6 Å². The predicted molar refractivity (Wildman–Crippen MR) is 177 cm³/mol. The fourth-order valence-electron chi connectivity index (χ4n) is 5.10. The summed E-state index contributed by atoms with van der Waals surface area (Å²) in [6.45, 7) is 11.9. The first-order chi connectivity index (χ1) is 20.4. The summed E-state index contributed by atoms with van der Waals surface area (Å²) in [6.07, 6.45) is 3.36. The van der Waals surface area contributed by atoms with Crippen LogP contribution in [0.4, 0.5) is 22.7 Å². The van der Waals surface area contributed by atoms with Gasteiger partial charge in [0.05, 0.1) is 22.4 Å². The van der Waals surface area contributed by atoms with Crippen molar-refractivity contribution in [2.75, 3.05) is 36.0 Å². The van der Waals surface area contributed by atoms with Crippen LogP contribution in [-0.4, -0.2) is 53.8 Å². The molecular weight excluding hydrogens is 522 g/mol. The Labute approximate surface area is 247 Å². The van der Waals surface area contributed by atoms with Crippen molar-refractivity contribution in [2.45, 2.75) is 27.7 Å². The fraction of sp³-hybridized carbons (Fsp3) is 0.229. The van der Waals surface area contributed by atoms with E-state index in [0.717, 1.165) is 70.7 Å². The molecule has 7 nitrogen and oxygen atoms in total. The molecule has 0 aliphatic heterocycles. The van der Waals surface area contributed by atoms with Crippen molar-refractivity contribution >= 4 is 57.0 Å². The molecule has 0 aliphatic carbocycles. The van der Waals surface area contributed by atoms with E-state index in [2.05, 4.69) is 53.5 Å². The van der Waals surface area contributed by atoms with Crippen molar-refractivity contribution in [3.63, 3.8) is 0 Å². The van der Waals surface area contributed by atoms with Crippen LogP contribution in [0.1, 0.15) is 38.8 Å². The molecule has 0 aliphatic rings. The number of rotatable bonds is 10. The standard InChI is InChI=1S/C35H37N5O2/c1-5-39(6-2)30-15-11-26(34(41)20-30)22-36-28-13-9-24-17-25-10-14-29(19-33(25)38-32(24)18-28)37-23-27-12-16-31(21-35(27)42)40(7-3)8-4/h9-23,41-42H,5-8H2,1-4H3. The van der Waals surface area contributed by atoms with Crippen LogP contribution in [0.15, 0.2) is 88.8 Å².